The Hall–Kier alpha value is -3.00. The van der Waals surface area contributed by atoms with Crippen LogP contribution in [0.15, 0.2) is 63.9 Å². The Bertz CT molecular complexity index is 1720. The van der Waals surface area contributed by atoms with Gasteiger partial charge in [-0.05, 0) is 56.0 Å². The van der Waals surface area contributed by atoms with E-state index in [-0.39, 0.29) is 22.5 Å². The lowest BCUT2D eigenvalue weighted by atomic mass is 9.70. The first kappa shape index (κ1) is 25.9. The molecule has 8 heteroatoms. The lowest BCUT2D eigenvalue weighted by Gasteiger charge is -2.40. The maximum Gasteiger partial charge on any atom is 0.255 e. The molecule has 0 saturated heterocycles. The number of nitrogens with one attached hydrogen (secondary N) is 1. The van der Waals surface area contributed by atoms with Gasteiger partial charge in [0, 0.05) is 16.0 Å². The van der Waals surface area contributed by atoms with Gasteiger partial charge in [-0.2, -0.15) is 0 Å². The molecule has 3 heterocycles. The topological polar surface area (TPSA) is 88.1 Å². The highest BCUT2D eigenvalue weighted by Gasteiger charge is 2.73. The van der Waals surface area contributed by atoms with Crippen molar-refractivity contribution < 1.29 is 9.84 Å². The van der Waals surface area contributed by atoms with Crippen molar-refractivity contribution in [2.45, 2.75) is 69.0 Å². The Labute approximate surface area is 245 Å². The molecule has 1 fully saturated rings. The third-order valence-electron chi connectivity index (χ3n) is 8.96. The molecule has 7 rings (SSSR count). The van der Waals surface area contributed by atoms with E-state index in [2.05, 4.69) is 32.0 Å². The van der Waals surface area contributed by atoms with Crippen LogP contribution >= 0.6 is 27.5 Å². The Morgan fingerprint density at radius 3 is 2.52 bits per heavy atom. The highest BCUT2D eigenvalue weighted by atomic mass is 79.9. The number of hydrogen-bond acceptors (Lipinski definition) is 5. The molecule has 2 aromatic heterocycles. The second-order valence-electron chi connectivity index (χ2n) is 11.4. The average molecular weight is 619 g/mol. The van der Waals surface area contributed by atoms with Gasteiger partial charge in [-0.25, -0.2) is 9.97 Å². The number of aromatic nitrogens is 3. The molecule has 0 radical (unpaired) electrons. The maximum absolute atomic E-state index is 14.2. The molecule has 0 amide bonds. The molecule has 2 aliphatic carbocycles. The molecule has 2 N–H and O–H groups in total. The zero-order valence-electron chi connectivity index (χ0n) is 22.3. The number of fused-ring (bicyclic) bond motifs is 5. The Balaban J connectivity index is 1.61. The van der Waals surface area contributed by atoms with E-state index < -0.39 is 17.1 Å². The van der Waals surface area contributed by atoms with E-state index in [4.69, 9.17) is 21.3 Å². The summed E-state index contributed by atoms with van der Waals surface area (Å²) in [5.74, 6) is 0.374. The summed E-state index contributed by atoms with van der Waals surface area (Å²) in [7, 11) is 0. The van der Waals surface area contributed by atoms with E-state index >= 15 is 0 Å². The predicted octanol–water partition coefficient (Wildman–Crippen LogP) is 6.91. The number of aromatic amines is 1. The van der Waals surface area contributed by atoms with Crippen molar-refractivity contribution in [2.75, 3.05) is 0 Å². The van der Waals surface area contributed by atoms with Gasteiger partial charge in [-0.15, -0.1) is 0 Å². The highest BCUT2D eigenvalue weighted by molar-refractivity contribution is 9.10. The van der Waals surface area contributed by atoms with Crippen LogP contribution in [0.4, 0.5) is 0 Å². The zero-order valence-corrected chi connectivity index (χ0v) is 24.6. The van der Waals surface area contributed by atoms with Crippen molar-refractivity contribution in [3.05, 3.63) is 119 Å². The molecule has 1 aliphatic heterocycles. The molecule has 4 aromatic rings. The second-order valence-corrected chi connectivity index (χ2v) is 12.7. The van der Waals surface area contributed by atoms with Crippen molar-refractivity contribution in [3.63, 3.8) is 0 Å². The van der Waals surface area contributed by atoms with Gasteiger partial charge < -0.3 is 14.8 Å². The molecule has 3 aliphatic rings. The number of pyridine rings is 1. The number of benzene rings is 2. The molecule has 204 valence electrons. The van der Waals surface area contributed by atoms with Gasteiger partial charge in [-0.3, -0.25) is 4.79 Å². The van der Waals surface area contributed by atoms with Crippen LogP contribution in [0.25, 0.3) is 0 Å². The first-order valence-electron chi connectivity index (χ1n) is 13.8. The van der Waals surface area contributed by atoms with Gasteiger partial charge in [0.25, 0.3) is 5.56 Å². The van der Waals surface area contributed by atoms with Gasteiger partial charge in [-0.1, -0.05) is 88.8 Å². The minimum Gasteiger partial charge on any atom is -0.461 e. The van der Waals surface area contributed by atoms with E-state index in [9.17, 15) is 9.90 Å². The molecule has 6 nitrogen and oxygen atoms in total. The third-order valence-corrected chi connectivity index (χ3v) is 9.68. The summed E-state index contributed by atoms with van der Waals surface area (Å²) in [6.45, 7) is 3.91. The highest BCUT2D eigenvalue weighted by Crippen LogP contribution is 2.68. The van der Waals surface area contributed by atoms with Crippen LogP contribution in [0, 0.1) is 13.8 Å². The quantitative estimate of drug-likeness (QED) is 0.244. The summed E-state index contributed by atoms with van der Waals surface area (Å²) in [5.41, 5.74) is 1.14. The van der Waals surface area contributed by atoms with E-state index in [1.54, 1.807) is 6.07 Å². The van der Waals surface area contributed by atoms with Crippen LogP contribution in [0.3, 0.4) is 0 Å². The fourth-order valence-electron chi connectivity index (χ4n) is 7.29. The van der Waals surface area contributed by atoms with Crippen molar-refractivity contribution >= 4 is 27.5 Å². The summed E-state index contributed by atoms with van der Waals surface area (Å²) < 4.78 is 7.78. The Kier molecular flexibility index (Phi) is 6.01. The lowest BCUT2D eigenvalue weighted by Crippen LogP contribution is -2.49. The number of aliphatic hydroxyl groups is 1. The summed E-state index contributed by atoms with van der Waals surface area (Å²) >= 11 is 9.97. The van der Waals surface area contributed by atoms with Crippen LogP contribution in [-0.2, 0) is 11.2 Å². The molecule has 0 spiro atoms. The van der Waals surface area contributed by atoms with E-state index in [1.165, 1.54) is 6.42 Å². The average Bonchev–Trinajstić information content (AvgIpc) is 3.32. The standard InChI is InChI=1S/C32H29BrClN3O3/c1-17-7-6-10-20(15-17)26-24-27(36-28(37-29(24)38)19-8-4-3-5-9-19)31(39)25-18(2)16-23(34)35-30(25)40-32(26,31)21-11-13-22(33)14-12-21/h6-7,10-16,19,26,39H,3-5,8-9H2,1-2H3,(H,36,37,38)/t26-,31+,32+/m1/s1. The normalized spacial score (nSPS) is 25.3. The molecule has 3 atom stereocenters. The Morgan fingerprint density at radius 1 is 1.05 bits per heavy atom. The molecular weight excluding hydrogens is 590 g/mol. The first-order valence-corrected chi connectivity index (χ1v) is 15.0. The van der Waals surface area contributed by atoms with Gasteiger partial charge in [0.15, 0.2) is 11.2 Å². The molecule has 40 heavy (non-hydrogen) atoms. The van der Waals surface area contributed by atoms with Crippen molar-refractivity contribution in [1.82, 2.24) is 15.0 Å². The van der Waals surface area contributed by atoms with E-state index in [1.807, 2.05) is 56.3 Å². The van der Waals surface area contributed by atoms with E-state index in [0.29, 0.717) is 22.6 Å². The molecule has 1 saturated carbocycles. The number of ether oxygens (including phenoxy) is 1. The molecular formula is C32H29BrClN3O3. The van der Waals surface area contributed by atoms with E-state index in [0.717, 1.165) is 52.4 Å². The number of H-pyrrole nitrogens is 1. The maximum atomic E-state index is 14.2. The van der Waals surface area contributed by atoms with Gasteiger partial charge in [0.2, 0.25) is 5.88 Å². The summed E-state index contributed by atoms with van der Waals surface area (Å²) in [6, 6.07) is 17.5. The monoisotopic (exact) mass is 617 g/mol. The minimum atomic E-state index is -1.79. The largest absolute Gasteiger partial charge is 0.461 e. The number of aryl methyl sites for hydroxylation is 2. The zero-order chi connectivity index (χ0) is 27.8. The summed E-state index contributed by atoms with van der Waals surface area (Å²) in [4.78, 5) is 27.0. The fourth-order valence-corrected chi connectivity index (χ4v) is 7.80. The number of rotatable bonds is 3. The minimum absolute atomic E-state index is 0.140. The van der Waals surface area contributed by atoms with Crippen LogP contribution in [0.2, 0.25) is 5.15 Å². The summed E-state index contributed by atoms with van der Waals surface area (Å²) in [5, 5.41) is 13.6. The van der Waals surface area contributed by atoms with Gasteiger partial charge >= 0.3 is 0 Å². The molecule has 0 unspecified atom stereocenters. The first-order chi connectivity index (χ1) is 19.2. The van der Waals surface area contributed by atoms with Crippen molar-refractivity contribution in [1.29, 1.82) is 0 Å². The molecule has 0 bridgehead atoms. The fraction of sp³-hybridized carbons (Fsp3) is 0.344. The second kappa shape index (κ2) is 9.26. The smallest absolute Gasteiger partial charge is 0.255 e. The van der Waals surface area contributed by atoms with Gasteiger partial charge in [0.1, 0.15) is 11.0 Å². The third kappa shape index (κ3) is 3.53. The number of hydrogen-bond donors (Lipinski definition) is 2. The number of nitrogens with zero attached hydrogens (tertiary/aromatic N) is 2. The van der Waals surface area contributed by atoms with Crippen LogP contribution in [-0.4, -0.2) is 20.1 Å². The number of halogens is 2. The van der Waals surface area contributed by atoms with Crippen LogP contribution < -0.4 is 10.3 Å². The van der Waals surface area contributed by atoms with Crippen LogP contribution in [0.1, 0.15) is 88.8 Å². The van der Waals surface area contributed by atoms with Crippen molar-refractivity contribution in [2.24, 2.45) is 0 Å². The Morgan fingerprint density at radius 2 is 1.80 bits per heavy atom. The lowest BCUT2D eigenvalue weighted by molar-refractivity contribution is -0.0917. The molecule has 2 aromatic carbocycles. The van der Waals surface area contributed by atoms with Crippen LogP contribution in [0.5, 0.6) is 5.88 Å². The predicted molar refractivity (Wildman–Crippen MR) is 157 cm³/mol. The van der Waals surface area contributed by atoms with Crippen molar-refractivity contribution in [3.8, 4) is 5.88 Å². The van der Waals surface area contributed by atoms with Gasteiger partial charge in [0.05, 0.1) is 22.7 Å². The summed E-state index contributed by atoms with van der Waals surface area (Å²) in [6.07, 6.45) is 5.30. The SMILES string of the molecule is Cc1cccc([C@@H]2c3c(nc(C4CCCCC4)[nH]c3=O)[C@@]3(O)c4c(C)cc(Cl)nc4O[C@@]23c2ccc(Br)cc2)c1.